The van der Waals surface area contributed by atoms with Crippen LogP contribution < -0.4 is 10.6 Å². The average molecular weight is 414 g/mol. The van der Waals surface area contributed by atoms with Gasteiger partial charge in [0.1, 0.15) is 11.6 Å². The molecule has 0 aromatic carbocycles. The number of likely N-dealkylation sites (tertiary alicyclic amines) is 1. The van der Waals surface area contributed by atoms with Crippen LogP contribution in [0.25, 0.3) is 0 Å². The maximum atomic E-state index is 5.46. The first kappa shape index (κ1) is 20.9. The van der Waals surface area contributed by atoms with Gasteiger partial charge >= 0.3 is 0 Å². The molecular formula is C22H35N7O. The monoisotopic (exact) mass is 413 g/mol. The van der Waals surface area contributed by atoms with Gasteiger partial charge in [0.25, 0.3) is 0 Å². The quantitative estimate of drug-likeness (QED) is 0.509. The summed E-state index contributed by atoms with van der Waals surface area (Å²) in [6.07, 6.45) is 7.97. The fourth-order valence-electron chi connectivity index (χ4n) is 4.45. The Hall–Kier alpha value is -2.35. The Morgan fingerprint density at radius 2 is 2.27 bits per heavy atom. The molecule has 1 fully saturated rings. The SMILES string of the molecule is CCc1nc2n(n1)CC(NC(=NCC1CCCN1CC)NCCc1ccco1)CC2. The number of hydrogen-bond acceptors (Lipinski definition) is 5. The Labute approximate surface area is 179 Å². The highest BCUT2D eigenvalue weighted by atomic mass is 16.3. The highest BCUT2D eigenvalue weighted by molar-refractivity contribution is 5.80. The van der Waals surface area contributed by atoms with Crippen LogP contribution in [0.5, 0.6) is 0 Å². The molecule has 0 bridgehead atoms. The molecule has 0 radical (unpaired) electrons. The van der Waals surface area contributed by atoms with E-state index in [1.807, 2.05) is 12.1 Å². The number of fused-ring (bicyclic) bond motifs is 1. The van der Waals surface area contributed by atoms with Crippen molar-refractivity contribution in [2.75, 3.05) is 26.2 Å². The summed E-state index contributed by atoms with van der Waals surface area (Å²) in [7, 11) is 0. The highest BCUT2D eigenvalue weighted by Gasteiger charge is 2.24. The van der Waals surface area contributed by atoms with Crippen LogP contribution >= 0.6 is 0 Å². The molecule has 164 valence electrons. The maximum Gasteiger partial charge on any atom is 0.191 e. The number of rotatable bonds is 8. The third-order valence-corrected chi connectivity index (χ3v) is 6.17. The van der Waals surface area contributed by atoms with Gasteiger partial charge in [-0.25, -0.2) is 9.67 Å². The second kappa shape index (κ2) is 10.1. The average Bonchev–Trinajstić information content (AvgIpc) is 3.51. The summed E-state index contributed by atoms with van der Waals surface area (Å²) in [5, 5.41) is 11.8. The highest BCUT2D eigenvalue weighted by Crippen LogP contribution is 2.17. The first-order valence-electron chi connectivity index (χ1n) is 11.5. The van der Waals surface area contributed by atoms with Crippen molar-refractivity contribution in [3.8, 4) is 0 Å². The summed E-state index contributed by atoms with van der Waals surface area (Å²) in [5.74, 6) is 3.94. The largest absolute Gasteiger partial charge is 0.469 e. The molecule has 2 atom stereocenters. The number of aryl methyl sites for hydroxylation is 2. The van der Waals surface area contributed by atoms with E-state index >= 15 is 0 Å². The number of guanidine groups is 1. The zero-order valence-electron chi connectivity index (χ0n) is 18.3. The molecule has 2 aliphatic heterocycles. The minimum Gasteiger partial charge on any atom is -0.469 e. The van der Waals surface area contributed by atoms with Gasteiger partial charge in [0.2, 0.25) is 0 Å². The zero-order valence-corrected chi connectivity index (χ0v) is 18.3. The molecular weight excluding hydrogens is 378 g/mol. The van der Waals surface area contributed by atoms with Gasteiger partial charge in [0, 0.05) is 37.9 Å². The number of furan rings is 1. The molecule has 2 aromatic heterocycles. The summed E-state index contributed by atoms with van der Waals surface area (Å²) >= 11 is 0. The molecule has 2 aromatic rings. The van der Waals surface area contributed by atoms with Crippen molar-refractivity contribution >= 4 is 5.96 Å². The lowest BCUT2D eigenvalue weighted by molar-refractivity contribution is 0.272. The van der Waals surface area contributed by atoms with E-state index in [9.17, 15) is 0 Å². The molecule has 0 spiro atoms. The topological polar surface area (TPSA) is 83.5 Å². The number of hydrogen-bond donors (Lipinski definition) is 2. The van der Waals surface area contributed by atoms with Gasteiger partial charge in [0.05, 0.1) is 19.4 Å². The summed E-state index contributed by atoms with van der Waals surface area (Å²) in [6, 6.07) is 4.82. The predicted molar refractivity (Wildman–Crippen MR) is 118 cm³/mol. The van der Waals surface area contributed by atoms with E-state index in [2.05, 4.69) is 44.1 Å². The number of aromatic nitrogens is 3. The van der Waals surface area contributed by atoms with E-state index in [0.717, 1.165) is 75.2 Å². The first-order valence-corrected chi connectivity index (χ1v) is 11.5. The lowest BCUT2D eigenvalue weighted by Crippen LogP contribution is -2.48. The lowest BCUT2D eigenvalue weighted by Gasteiger charge is -2.26. The van der Waals surface area contributed by atoms with Crippen molar-refractivity contribution in [3.63, 3.8) is 0 Å². The standard InChI is InChI=1S/C22H35N7O/c1-3-20-26-21-10-9-17(16-29(21)27-20)25-22(23-12-11-19-8-6-14-30-19)24-15-18-7-5-13-28(18)4-2/h6,8,14,17-18H,3-5,7,9-13,15-16H2,1-2H3,(H2,23,24,25). The van der Waals surface area contributed by atoms with Crippen molar-refractivity contribution in [3.05, 3.63) is 35.8 Å². The normalized spacial score (nSPS) is 22.3. The van der Waals surface area contributed by atoms with Crippen LogP contribution in [-0.2, 0) is 25.8 Å². The van der Waals surface area contributed by atoms with Crippen LogP contribution in [0.15, 0.2) is 27.8 Å². The molecule has 8 nitrogen and oxygen atoms in total. The van der Waals surface area contributed by atoms with Gasteiger partial charge in [0.15, 0.2) is 11.8 Å². The Morgan fingerprint density at radius 3 is 3.07 bits per heavy atom. The van der Waals surface area contributed by atoms with Gasteiger partial charge in [-0.3, -0.25) is 9.89 Å². The minimum absolute atomic E-state index is 0.310. The molecule has 0 amide bonds. The minimum atomic E-state index is 0.310. The van der Waals surface area contributed by atoms with E-state index in [0.29, 0.717) is 12.1 Å². The van der Waals surface area contributed by atoms with Gasteiger partial charge in [-0.1, -0.05) is 13.8 Å². The van der Waals surface area contributed by atoms with Gasteiger partial charge in [-0.15, -0.1) is 0 Å². The molecule has 30 heavy (non-hydrogen) atoms. The molecule has 2 N–H and O–H groups in total. The summed E-state index contributed by atoms with van der Waals surface area (Å²) in [4.78, 5) is 12.1. The second-order valence-corrected chi connectivity index (χ2v) is 8.23. The lowest BCUT2D eigenvalue weighted by atomic mass is 10.1. The third kappa shape index (κ3) is 5.22. The van der Waals surface area contributed by atoms with Crippen molar-refractivity contribution in [2.45, 2.75) is 71.0 Å². The fourth-order valence-corrected chi connectivity index (χ4v) is 4.45. The molecule has 8 heteroatoms. The van der Waals surface area contributed by atoms with Crippen molar-refractivity contribution in [2.24, 2.45) is 4.99 Å². The third-order valence-electron chi connectivity index (χ3n) is 6.17. The van der Waals surface area contributed by atoms with E-state index < -0.39 is 0 Å². The van der Waals surface area contributed by atoms with Crippen molar-refractivity contribution < 1.29 is 4.42 Å². The molecule has 4 heterocycles. The summed E-state index contributed by atoms with van der Waals surface area (Å²) in [5.41, 5.74) is 0. The number of nitrogens with zero attached hydrogens (tertiary/aromatic N) is 5. The summed E-state index contributed by atoms with van der Waals surface area (Å²) in [6.45, 7) is 9.12. The number of aliphatic imine (C=N–C) groups is 1. The van der Waals surface area contributed by atoms with E-state index in [4.69, 9.17) is 9.41 Å². The Balaban J connectivity index is 1.37. The first-order chi connectivity index (χ1) is 14.7. The molecule has 4 rings (SSSR count). The van der Waals surface area contributed by atoms with Crippen molar-refractivity contribution in [1.82, 2.24) is 30.3 Å². The van der Waals surface area contributed by atoms with E-state index in [-0.39, 0.29) is 0 Å². The Bertz CT molecular complexity index is 814. The molecule has 2 unspecified atom stereocenters. The number of nitrogens with one attached hydrogen (secondary N) is 2. The van der Waals surface area contributed by atoms with Gasteiger partial charge < -0.3 is 15.1 Å². The Kier molecular flexibility index (Phi) is 7.04. The zero-order chi connectivity index (χ0) is 20.8. The van der Waals surface area contributed by atoms with Crippen LogP contribution in [0, 0.1) is 0 Å². The molecule has 1 saturated heterocycles. The van der Waals surface area contributed by atoms with Crippen LogP contribution in [0.3, 0.4) is 0 Å². The van der Waals surface area contributed by atoms with E-state index in [1.54, 1.807) is 6.26 Å². The molecule has 0 aliphatic carbocycles. The second-order valence-electron chi connectivity index (χ2n) is 8.23. The van der Waals surface area contributed by atoms with Gasteiger partial charge in [-0.2, -0.15) is 5.10 Å². The van der Waals surface area contributed by atoms with Crippen LogP contribution in [-0.4, -0.2) is 63.9 Å². The van der Waals surface area contributed by atoms with Crippen LogP contribution in [0.2, 0.25) is 0 Å². The Morgan fingerprint density at radius 1 is 1.33 bits per heavy atom. The van der Waals surface area contributed by atoms with E-state index in [1.165, 1.54) is 19.4 Å². The van der Waals surface area contributed by atoms with Crippen LogP contribution in [0.1, 0.15) is 50.5 Å². The number of likely N-dealkylation sites (N-methyl/N-ethyl adjacent to an activating group) is 1. The fraction of sp³-hybridized carbons (Fsp3) is 0.682. The smallest absolute Gasteiger partial charge is 0.191 e. The summed E-state index contributed by atoms with van der Waals surface area (Å²) < 4.78 is 7.53. The molecule has 0 saturated carbocycles. The maximum absolute atomic E-state index is 5.46. The predicted octanol–water partition coefficient (Wildman–Crippen LogP) is 2.01. The van der Waals surface area contributed by atoms with Gasteiger partial charge in [-0.05, 0) is 44.5 Å². The van der Waals surface area contributed by atoms with Crippen molar-refractivity contribution in [1.29, 1.82) is 0 Å². The van der Waals surface area contributed by atoms with Crippen LogP contribution in [0.4, 0.5) is 0 Å². The molecule has 2 aliphatic rings.